The Hall–Kier alpha value is -1.61. The molecule has 0 aliphatic rings. The highest BCUT2D eigenvalue weighted by atomic mass is 15.3. The molecule has 0 bridgehead atoms. The number of rotatable bonds is 2. The maximum absolute atomic E-state index is 5.60. The molecule has 0 aliphatic heterocycles. The van der Waals surface area contributed by atoms with Crippen LogP contribution in [0.5, 0.6) is 0 Å². The van der Waals surface area contributed by atoms with Gasteiger partial charge in [-0.05, 0) is 31.5 Å². The Morgan fingerprint density at radius 3 is 2.62 bits per heavy atom. The van der Waals surface area contributed by atoms with Gasteiger partial charge in [0.1, 0.15) is 0 Å². The lowest BCUT2D eigenvalue weighted by molar-refractivity contribution is 0.749. The first kappa shape index (κ1) is 10.9. The highest BCUT2D eigenvalue weighted by Crippen LogP contribution is 2.24. The molecule has 0 unspecified atom stereocenters. The van der Waals surface area contributed by atoms with Crippen LogP contribution in [0.2, 0.25) is 0 Å². The van der Waals surface area contributed by atoms with Crippen LogP contribution in [-0.4, -0.2) is 9.78 Å². The molecular formula is C13H17N3. The van der Waals surface area contributed by atoms with E-state index in [0.29, 0.717) is 6.54 Å². The van der Waals surface area contributed by atoms with E-state index >= 15 is 0 Å². The fraction of sp³-hybridized carbons (Fsp3) is 0.308. The Bertz CT molecular complexity index is 512. The van der Waals surface area contributed by atoms with Crippen molar-refractivity contribution >= 4 is 0 Å². The summed E-state index contributed by atoms with van der Waals surface area (Å²) in [6, 6.07) is 8.51. The lowest BCUT2D eigenvalue weighted by Gasteiger charge is -2.07. The first-order valence-electron chi connectivity index (χ1n) is 5.42. The van der Waals surface area contributed by atoms with Crippen molar-refractivity contribution in [2.45, 2.75) is 20.4 Å². The van der Waals surface area contributed by atoms with E-state index in [4.69, 9.17) is 5.73 Å². The van der Waals surface area contributed by atoms with Crippen molar-refractivity contribution in [2.24, 2.45) is 12.8 Å². The van der Waals surface area contributed by atoms with Crippen LogP contribution in [0.25, 0.3) is 11.3 Å². The Morgan fingerprint density at radius 2 is 2.00 bits per heavy atom. The highest BCUT2D eigenvalue weighted by molar-refractivity contribution is 5.65. The third kappa shape index (κ3) is 1.86. The summed E-state index contributed by atoms with van der Waals surface area (Å²) in [5, 5.41) is 4.37. The number of hydrogen-bond acceptors (Lipinski definition) is 2. The van der Waals surface area contributed by atoms with Gasteiger partial charge in [0.2, 0.25) is 0 Å². The lowest BCUT2D eigenvalue weighted by atomic mass is 10.0. The third-order valence-corrected chi connectivity index (χ3v) is 2.81. The van der Waals surface area contributed by atoms with Gasteiger partial charge in [-0.1, -0.05) is 17.7 Å². The SMILES string of the molecule is Cc1ccc(C)c(-c2cc(CN)nn2C)c1. The van der Waals surface area contributed by atoms with Gasteiger partial charge in [0.05, 0.1) is 11.4 Å². The molecule has 0 amide bonds. The second-order valence-electron chi connectivity index (χ2n) is 4.17. The van der Waals surface area contributed by atoms with E-state index in [1.807, 2.05) is 11.7 Å². The summed E-state index contributed by atoms with van der Waals surface area (Å²) in [5.74, 6) is 0. The molecule has 1 aromatic carbocycles. The zero-order valence-corrected chi connectivity index (χ0v) is 9.99. The minimum Gasteiger partial charge on any atom is -0.325 e. The Morgan fingerprint density at radius 1 is 1.25 bits per heavy atom. The molecule has 0 aliphatic carbocycles. The van der Waals surface area contributed by atoms with Crippen LogP contribution in [0.1, 0.15) is 16.8 Å². The van der Waals surface area contributed by atoms with E-state index in [9.17, 15) is 0 Å². The van der Waals surface area contributed by atoms with Gasteiger partial charge >= 0.3 is 0 Å². The first-order valence-corrected chi connectivity index (χ1v) is 5.42. The molecule has 3 nitrogen and oxygen atoms in total. The summed E-state index contributed by atoms with van der Waals surface area (Å²) in [6.45, 7) is 4.70. The number of hydrogen-bond donors (Lipinski definition) is 1. The maximum Gasteiger partial charge on any atom is 0.0766 e. The maximum atomic E-state index is 5.60. The molecular weight excluding hydrogens is 198 g/mol. The molecule has 0 fully saturated rings. The Kier molecular flexibility index (Phi) is 2.79. The van der Waals surface area contributed by atoms with E-state index in [1.54, 1.807) is 0 Å². The van der Waals surface area contributed by atoms with Gasteiger partial charge in [-0.15, -0.1) is 0 Å². The number of aromatic nitrogens is 2. The fourth-order valence-electron chi connectivity index (χ4n) is 1.89. The summed E-state index contributed by atoms with van der Waals surface area (Å²) in [5.41, 5.74) is 11.4. The average Bonchev–Trinajstić information content (AvgIpc) is 2.63. The second kappa shape index (κ2) is 4.10. The Balaban J connectivity index is 2.57. The zero-order valence-electron chi connectivity index (χ0n) is 9.99. The van der Waals surface area contributed by atoms with Crippen molar-refractivity contribution in [1.29, 1.82) is 0 Å². The number of benzene rings is 1. The molecule has 0 saturated heterocycles. The Labute approximate surface area is 95.9 Å². The molecule has 1 aromatic heterocycles. The van der Waals surface area contributed by atoms with Gasteiger partial charge in [0.15, 0.2) is 0 Å². The molecule has 16 heavy (non-hydrogen) atoms. The summed E-state index contributed by atoms with van der Waals surface area (Å²) in [7, 11) is 1.95. The monoisotopic (exact) mass is 215 g/mol. The van der Waals surface area contributed by atoms with Crippen molar-refractivity contribution in [2.75, 3.05) is 0 Å². The molecule has 0 atom stereocenters. The fourth-order valence-corrected chi connectivity index (χ4v) is 1.89. The molecule has 2 rings (SSSR count). The molecule has 0 radical (unpaired) electrons. The van der Waals surface area contributed by atoms with E-state index in [2.05, 4.69) is 43.2 Å². The van der Waals surface area contributed by atoms with Crippen LogP contribution < -0.4 is 5.73 Å². The minimum atomic E-state index is 0.485. The lowest BCUT2D eigenvalue weighted by Crippen LogP contribution is -1.99. The standard InChI is InChI=1S/C13H17N3/c1-9-4-5-10(2)12(6-9)13-7-11(8-14)15-16(13)3/h4-7H,8,14H2,1-3H3. The van der Waals surface area contributed by atoms with Crippen LogP contribution in [0, 0.1) is 13.8 Å². The second-order valence-corrected chi connectivity index (χ2v) is 4.17. The normalized spacial score (nSPS) is 10.8. The van der Waals surface area contributed by atoms with Gasteiger partial charge in [-0.2, -0.15) is 5.10 Å². The molecule has 0 saturated carbocycles. The summed E-state index contributed by atoms with van der Waals surface area (Å²) in [4.78, 5) is 0. The van der Waals surface area contributed by atoms with E-state index < -0.39 is 0 Å². The molecule has 2 N–H and O–H groups in total. The van der Waals surface area contributed by atoms with Crippen LogP contribution >= 0.6 is 0 Å². The van der Waals surface area contributed by atoms with Gasteiger partial charge in [0.25, 0.3) is 0 Å². The van der Waals surface area contributed by atoms with E-state index in [1.165, 1.54) is 16.7 Å². The van der Waals surface area contributed by atoms with Crippen molar-refractivity contribution in [3.63, 3.8) is 0 Å². The summed E-state index contributed by atoms with van der Waals surface area (Å²) < 4.78 is 1.89. The summed E-state index contributed by atoms with van der Waals surface area (Å²) in [6.07, 6.45) is 0. The van der Waals surface area contributed by atoms with Gasteiger partial charge in [-0.25, -0.2) is 0 Å². The van der Waals surface area contributed by atoms with Crippen LogP contribution in [0.4, 0.5) is 0 Å². The third-order valence-electron chi connectivity index (χ3n) is 2.81. The molecule has 2 aromatic rings. The summed E-state index contributed by atoms with van der Waals surface area (Å²) >= 11 is 0. The van der Waals surface area contributed by atoms with Crippen LogP contribution in [0.3, 0.4) is 0 Å². The quantitative estimate of drug-likeness (QED) is 0.834. The van der Waals surface area contributed by atoms with Gasteiger partial charge in [-0.3, -0.25) is 4.68 Å². The highest BCUT2D eigenvalue weighted by Gasteiger charge is 2.08. The average molecular weight is 215 g/mol. The van der Waals surface area contributed by atoms with E-state index in [0.717, 1.165) is 11.4 Å². The predicted molar refractivity (Wildman–Crippen MR) is 66.0 cm³/mol. The van der Waals surface area contributed by atoms with Crippen LogP contribution in [-0.2, 0) is 13.6 Å². The van der Waals surface area contributed by atoms with Crippen LogP contribution in [0.15, 0.2) is 24.3 Å². The van der Waals surface area contributed by atoms with Gasteiger partial charge < -0.3 is 5.73 Å². The van der Waals surface area contributed by atoms with Gasteiger partial charge in [0, 0.05) is 19.2 Å². The minimum absolute atomic E-state index is 0.485. The molecule has 84 valence electrons. The number of nitrogens with zero attached hydrogens (tertiary/aromatic N) is 2. The van der Waals surface area contributed by atoms with Crippen molar-refractivity contribution < 1.29 is 0 Å². The predicted octanol–water partition coefficient (Wildman–Crippen LogP) is 2.16. The van der Waals surface area contributed by atoms with Crippen molar-refractivity contribution in [1.82, 2.24) is 9.78 Å². The smallest absolute Gasteiger partial charge is 0.0766 e. The zero-order chi connectivity index (χ0) is 11.7. The number of aryl methyl sites for hydroxylation is 3. The molecule has 3 heteroatoms. The molecule has 1 heterocycles. The number of nitrogens with two attached hydrogens (primary N) is 1. The first-order chi connectivity index (χ1) is 7.61. The van der Waals surface area contributed by atoms with E-state index in [-0.39, 0.29) is 0 Å². The molecule has 0 spiro atoms. The van der Waals surface area contributed by atoms with Crippen molar-refractivity contribution in [3.05, 3.63) is 41.1 Å². The topological polar surface area (TPSA) is 43.8 Å². The van der Waals surface area contributed by atoms with Crippen molar-refractivity contribution in [3.8, 4) is 11.3 Å². The largest absolute Gasteiger partial charge is 0.325 e.